The number of amides is 2. The van der Waals surface area contributed by atoms with E-state index in [4.69, 9.17) is 0 Å². The zero-order valence-electron chi connectivity index (χ0n) is 15.5. The summed E-state index contributed by atoms with van der Waals surface area (Å²) in [6.45, 7) is 4.78. The Kier molecular flexibility index (Phi) is 5.39. The highest BCUT2D eigenvalue weighted by molar-refractivity contribution is 5.96. The number of carbonyl (C=O) groups excluding carboxylic acids is 2. The fourth-order valence-corrected chi connectivity index (χ4v) is 3.08. The summed E-state index contributed by atoms with van der Waals surface area (Å²) >= 11 is 0. The first-order chi connectivity index (χ1) is 13.2. The zero-order chi connectivity index (χ0) is 20.5. The summed E-state index contributed by atoms with van der Waals surface area (Å²) in [6.07, 6.45) is -2.11. The van der Waals surface area contributed by atoms with Crippen LogP contribution in [0.15, 0.2) is 24.5 Å². The molecule has 1 aliphatic rings. The Bertz CT molecular complexity index is 874. The predicted molar refractivity (Wildman–Crippen MR) is 94.0 cm³/mol. The van der Waals surface area contributed by atoms with Crippen LogP contribution in [0.4, 0.5) is 13.2 Å². The van der Waals surface area contributed by atoms with Crippen LogP contribution >= 0.6 is 0 Å². The van der Waals surface area contributed by atoms with Gasteiger partial charge in [-0.05, 0) is 18.1 Å². The molecule has 2 aromatic rings. The van der Waals surface area contributed by atoms with Crippen molar-refractivity contribution in [2.75, 3.05) is 19.6 Å². The van der Waals surface area contributed by atoms with Gasteiger partial charge in [0.25, 0.3) is 5.91 Å². The van der Waals surface area contributed by atoms with Crippen molar-refractivity contribution in [3.05, 3.63) is 41.3 Å². The van der Waals surface area contributed by atoms with Crippen LogP contribution < -0.4 is 5.32 Å². The summed E-state index contributed by atoms with van der Waals surface area (Å²) in [7, 11) is 0. The number of nitrogens with zero attached hydrogens (tertiary/aromatic N) is 4. The number of alkyl halides is 3. The van der Waals surface area contributed by atoms with E-state index in [1.165, 1.54) is 16.9 Å². The molecule has 2 amide bonds. The Morgan fingerprint density at radius 2 is 1.96 bits per heavy atom. The van der Waals surface area contributed by atoms with Gasteiger partial charge in [0.05, 0.1) is 23.0 Å². The largest absolute Gasteiger partial charge is 0.417 e. The molecule has 0 bridgehead atoms. The minimum Gasteiger partial charge on any atom is -0.354 e. The highest BCUT2D eigenvalue weighted by Crippen LogP contribution is 2.29. The van der Waals surface area contributed by atoms with E-state index in [0.717, 1.165) is 12.3 Å². The maximum atomic E-state index is 13.0. The Hall–Kier alpha value is -2.91. The molecule has 1 saturated heterocycles. The molecule has 0 aromatic carbocycles. The maximum absolute atomic E-state index is 13.0. The second kappa shape index (κ2) is 7.61. The van der Waals surface area contributed by atoms with Crippen molar-refractivity contribution >= 4 is 11.8 Å². The molecule has 1 fully saturated rings. The highest BCUT2D eigenvalue weighted by atomic mass is 19.4. The van der Waals surface area contributed by atoms with Gasteiger partial charge in [0.2, 0.25) is 5.91 Å². The van der Waals surface area contributed by atoms with Crippen LogP contribution in [0.25, 0.3) is 5.82 Å². The smallest absolute Gasteiger partial charge is 0.354 e. The number of hydrogen-bond donors (Lipinski definition) is 1. The van der Waals surface area contributed by atoms with Gasteiger partial charge in [-0.15, -0.1) is 0 Å². The van der Waals surface area contributed by atoms with Crippen LogP contribution in [0.2, 0.25) is 0 Å². The maximum Gasteiger partial charge on any atom is 0.417 e. The molecule has 0 atom stereocenters. The van der Waals surface area contributed by atoms with E-state index < -0.39 is 11.7 Å². The second-order valence-corrected chi connectivity index (χ2v) is 6.80. The lowest BCUT2D eigenvalue weighted by atomic mass is 10.0. The Labute approximate surface area is 159 Å². The minimum atomic E-state index is -4.48. The molecule has 0 saturated carbocycles. The van der Waals surface area contributed by atoms with Gasteiger partial charge < -0.3 is 10.2 Å². The SMILES string of the molecule is CC(C)c1c(C(=O)N2CCNC(=O)CC2)cnn1-c1ccc(C(F)(F)F)cn1. The van der Waals surface area contributed by atoms with Crippen LogP contribution in [0.3, 0.4) is 0 Å². The first-order valence-electron chi connectivity index (χ1n) is 8.86. The van der Waals surface area contributed by atoms with Crippen LogP contribution in [0.1, 0.15) is 47.8 Å². The summed E-state index contributed by atoms with van der Waals surface area (Å²) in [4.78, 5) is 29.9. The summed E-state index contributed by atoms with van der Waals surface area (Å²) in [5.74, 6) is -0.303. The quantitative estimate of drug-likeness (QED) is 0.865. The molecule has 1 N–H and O–H groups in total. The number of rotatable bonds is 3. The molecule has 0 aliphatic carbocycles. The molecular formula is C18H20F3N5O2. The van der Waals surface area contributed by atoms with Gasteiger partial charge in [0.15, 0.2) is 5.82 Å². The molecule has 0 radical (unpaired) electrons. The van der Waals surface area contributed by atoms with E-state index in [1.807, 2.05) is 13.8 Å². The lowest BCUT2D eigenvalue weighted by Crippen LogP contribution is -2.34. The fraction of sp³-hybridized carbons (Fsp3) is 0.444. The average molecular weight is 395 g/mol. The summed E-state index contributed by atoms with van der Waals surface area (Å²) < 4.78 is 39.7. The molecule has 150 valence electrons. The van der Waals surface area contributed by atoms with Crippen molar-refractivity contribution in [3.63, 3.8) is 0 Å². The summed E-state index contributed by atoms with van der Waals surface area (Å²) in [6, 6.07) is 2.16. The van der Waals surface area contributed by atoms with Gasteiger partial charge in [-0.25, -0.2) is 9.67 Å². The lowest BCUT2D eigenvalue weighted by molar-refractivity contribution is -0.137. The first kappa shape index (κ1) is 19.8. The van der Waals surface area contributed by atoms with E-state index in [9.17, 15) is 22.8 Å². The summed E-state index contributed by atoms with van der Waals surface area (Å²) in [5, 5.41) is 6.91. The second-order valence-electron chi connectivity index (χ2n) is 6.80. The Morgan fingerprint density at radius 3 is 2.57 bits per heavy atom. The molecule has 1 aliphatic heterocycles. The summed E-state index contributed by atoms with van der Waals surface area (Å²) in [5.41, 5.74) is 0.0550. The third-order valence-corrected chi connectivity index (χ3v) is 4.48. The number of carbonyl (C=O) groups is 2. The number of aromatic nitrogens is 3. The topological polar surface area (TPSA) is 80.1 Å². The molecule has 3 rings (SSSR count). The molecule has 0 unspecified atom stereocenters. The molecule has 2 aromatic heterocycles. The van der Waals surface area contributed by atoms with E-state index >= 15 is 0 Å². The van der Waals surface area contributed by atoms with Crippen LogP contribution in [0, 0.1) is 0 Å². The van der Waals surface area contributed by atoms with Gasteiger partial charge in [-0.3, -0.25) is 9.59 Å². The lowest BCUT2D eigenvalue weighted by Gasteiger charge is -2.20. The van der Waals surface area contributed by atoms with Crippen LogP contribution in [-0.2, 0) is 11.0 Å². The number of pyridine rings is 1. The van der Waals surface area contributed by atoms with Crippen molar-refractivity contribution in [3.8, 4) is 5.82 Å². The third-order valence-electron chi connectivity index (χ3n) is 4.48. The molecule has 28 heavy (non-hydrogen) atoms. The van der Waals surface area contributed by atoms with Gasteiger partial charge in [0.1, 0.15) is 0 Å². The number of halogens is 3. The third kappa shape index (κ3) is 4.00. The molecule has 10 heteroatoms. The zero-order valence-corrected chi connectivity index (χ0v) is 15.5. The molecule has 0 spiro atoms. The van der Waals surface area contributed by atoms with Gasteiger partial charge in [-0.1, -0.05) is 13.8 Å². The predicted octanol–water partition coefficient (Wildman–Crippen LogP) is 2.37. The van der Waals surface area contributed by atoms with Gasteiger partial charge in [0, 0.05) is 32.3 Å². The van der Waals surface area contributed by atoms with Gasteiger partial charge >= 0.3 is 6.18 Å². The first-order valence-corrected chi connectivity index (χ1v) is 8.86. The normalized spacial score (nSPS) is 15.5. The fourth-order valence-electron chi connectivity index (χ4n) is 3.08. The molecule has 3 heterocycles. The van der Waals surface area contributed by atoms with Crippen LogP contribution in [-0.4, -0.2) is 51.1 Å². The van der Waals surface area contributed by atoms with Crippen molar-refractivity contribution in [2.24, 2.45) is 0 Å². The highest BCUT2D eigenvalue weighted by Gasteiger charge is 2.31. The Morgan fingerprint density at radius 1 is 1.21 bits per heavy atom. The monoisotopic (exact) mass is 395 g/mol. The number of hydrogen-bond acceptors (Lipinski definition) is 4. The van der Waals surface area contributed by atoms with Crippen LogP contribution in [0.5, 0.6) is 0 Å². The van der Waals surface area contributed by atoms with E-state index in [2.05, 4.69) is 15.4 Å². The van der Waals surface area contributed by atoms with Gasteiger partial charge in [-0.2, -0.15) is 18.3 Å². The molecular weight excluding hydrogens is 375 g/mol. The van der Waals surface area contributed by atoms with E-state index in [0.29, 0.717) is 30.9 Å². The number of nitrogens with one attached hydrogen (secondary N) is 1. The average Bonchev–Trinajstić information content (AvgIpc) is 2.97. The standard InChI is InChI=1S/C18H20F3N5O2/c1-11(2)16-13(17(28)25-7-5-15(27)22-6-8-25)10-24-26(16)14-4-3-12(9-23-14)18(19,20)21/h3-4,9-11H,5-8H2,1-2H3,(H,22,27). The van der Waals surface area contributed by atoms with E-state index in [-0.39, 0.29) is 30.0 Å². The van der Waals surface area contributed by atoms with E-state index in [1.54, 1.807) is 4.90 Å². The van der Waals surface area contributed by atoms with Crippen molar-refractivity contribution < 1.29 is 22.8 Å². The molecule has 7 nitrogen and oxygen atoms in total. The minimum absolute atomic E-state index is 0.107. The van der Waals surface area contributed by atoms with Crippen molar-refractivity contribution in [1.82, 2.24) is 25.0 Å². The Balaban J connectivity index is 1.94. The van der Waals surface area contributed by atoms with Crippen molar-refractivity contribution in [1.29, 1.82) is 0 Å². The van der Waals surface area contributed by atoms with Crippen molar-refractivity contribution in [2.45, 2.75) is 32.4 Å².